The lowest BCUT2D eigenvalue weighted by atomic mass is 10.2. The fourth-order valence-electron chi connectivity index (χ4n) is 2.37. The highest BCUT2D eigenvalue weighted by Crippen LogP contribution is 2.38. The third kappa shape index (κ3) is 4.11. The molecule has 0 radical (unpaired) electrons. The number of amides is 1. The van der Waals surface area contributed by atoms with E-state index in [2.05, 4.69) is 10.4 Å². The molecule has 5 nitrogen and oxygen atoms in total. The minimum absolute atomic E-state index is 0.233. The number of carbonyl (C=O) groups is 1. The normalized spacial score (nSPS) is 11.4. The van der Waals surface area contributed by atoms with Crippen LogP contribution in [0.3, 0.4) is 0 Å². The Labute approximate surface area is 155 Å². The van der Waals surface area contributed by atoms with E-state index in [1.807, 2.05) is 0 Å². The van der Waals surface area contributed by atoms with Crippen LogP contribution in [0.2, 0.25) is 0 Å². The van der Waals surface area contributed by atoms with E-state index >= 15 is 0 Å². The fourth-order valence-corrected chi connectivity index (χ4v) is 2.37. The Morgan fingerprint density at radius 1 is 1.14 bits per heavy atom. The van der Waals surface area contributed by atoms with Crippen LogP contribution in [0.25, 0.3) is 0 Å². The zero-order valence-electron chi connectivity index (χ0n) is 14.2. The number of para-hydroxylation sites is 1. The molecule has 0 spiro atoms. The Balaban J connectivity index is 1.91. The fraction of sp³-hybridized carbons (Fsp3) is 0.111. The molecule has 0 bridgehead atoms. The van der Waals surface area contributed by atoms with Crippen molar-refractivity contribution in [3.8, 4) is 11.6 Å². The first-order chi connectivity index (χ1) is 13.1. The van der Waals surface area contributed by atoms with Gasteiger partial charge in [-0.2, -0.15) is 13.2 Å². The summed E-state index contributed by atoms with van der Waals surface area (Å²) in [5, 5.41) is 6.04. The van der Waals surface area contributed by atoms with Gasteiger partial charge in [0.25, 0.3) is 11.8 Å². The largest absolute Gasteiger partial charge is 0.436 e. The van der Waals surface area contributed by atoms with Gasteiger partial charge in [-0.25, -0.2) is 8.78 Å². The lowest BCUT2D eigenvalue weighted by Gasteiger charge is -2.13. The molecule has 3 rings (SSSR count). The Kier molecular flexibility index (Phi) is 5.04. The number of rotatable bonds is 4. The number of hydrogen-bond donors (Lipinski definition) is 1. The molecule has 0 atom stereocenters. The number of carbonyl (C=O) groups excluding carboxylic acids is 1. The lowest BCUT2D eigenvalue weighted by molar-refractivity contribution is -0.138. The van der Waals surface area contributed by atoms with Crippen molar-refractivity contribution in [2.45, 2.75) is 6.18 Å². The molecular formula is C18H12F5N3O2. The predicted octanol–water partition coefficient (Wildman–Crippen LogP) is 4.76. The quantitative estimate of drug-likeness (QED) is 0.646. The summed E-state index contributed by atoms with van der Waals surface area (Å²) < 4.78 is 72.5. The van der Waals surface area contributed by atoms with Gasteiger partial charge in [0.15, 0.2) is 0 Å². The lowest BCUT2D eigenvalue weighted by Crippen LogP contribution is -2.14. The van der Waals surface area contributed by atoms with Crippen LogP contribution in [0.15, 0.2) is 48.7 Å². The summed E-state index contributed by atoms with van der Waals surface area (Å²) in [6.45, 7) is 0. The van der Waals surface area contributed by atoms with Crippen LogP contribution in [0.5, 0.6) is 11.6 Å². The first kappa shape index (κ1) is 19.3. The van der Waals surface area contributed by atoms with E-state index in [0.29, 0.717) is 6.07 Å². The van der Waals surface area contributed by atoms with Gasteiger partial charge in [0, 0.05) is 19.3 Å². The highest BCUT2D eigenvalue weighted by atomic mass is 19.4. The Hall–Kier alpha value is -3.43. The third-order valence-corrected chi connectivity index (χ3v) is 3.62. The van der Waals surface area contributed by atoms with Gasteiger partial charge in [-0.3, -0.25) is 9.48 Å². The molecule has 0 unspecified atom stereocenters. The zero-order valence-corrected chi connectivity index (χ0v) is 14.2. The first-order valence-corrected chi connectivity index (χ1v) is 7.79. The van der Waals surface area contributed by atoms with Crippen LogP contribution in [-0.2, 0) is 13.2 Å². The van der Waals surface area contributed by atoms with Crippen LogP contribution in [0.1, 0.15) is 15.9 Å². The van der Waals surface area contributed by atoms with Gasteiger partial charge in [-0.15, -0.1) is 5.10 Å². The standard InChI is InChI=1S/C18H12F5N3O2/c1-26-9-11(16(27)24-14-7-6-10(19)8-13(14)20)17(25-26)28-15-5-3-2-4-12(15)18(21,22)23/h2-9H,1H3,(H,24,27). The topological polar surface area (TPSA) is 56.2 Å². The van der Waals surface area contributed by atoms with Crippen molar-refractivity contribution < 1.29 is 31.5 Å². The second kappa shape index (κ2) is 7.29. The summed E-state index contributed by atoms with van der Waals surface area (Å²) in [7, 11) is 1.43. The Morgan fingerprint density at radius 3 is 2.54 bits per heavy atom. The molecule has 10 heteroatoms. The van der Waals surface area contributed by atoms with Gasteiger partial charge < -0.3 is 10.1 Å². The monoisotopic (exact) mass is 397 g/mol. The molecular weight excluding hydrogens is 385 g/mol. The van der Waals surface area contributed by atoms with E-state index < -0.39 is 40.9 Å². The molecule has 2 aromatic carbocycles. The van der Waals surface area contributed by atoms with Gasteiger partial charge in [0.05, 0.1) is 11.3 Å². The number of ether oxygens (including phenoxy) is 1. The SMILES string of the molecule is Cn1cc(C(=O)Nc2ccc(F)cc2F)c(Oc2ccccc2C(F)(F)F)n1. The molecule has 146 valence electrons. The molecule has 0 saturated carbocycles. The summed E-state index contributed by atoms with van der Waals surface area (Å²) in [6.07, 6.45) is -3.48. The number of nitrogens with one attached hydrogen (secondary N) is 1. The number of nitrogens with zero attached hydrogens (tertiary/aromatic N) is 2. The second-order valence-electron chi connectivity index (χ2n) is 5.70. The first-order valence-electron chi connectivity index (χ1n) is 7.79. The number of benzene rings is 2. The van der Waals surface area contributed by atoms with Gasteiger partial charge in [0.1, 0.15) is 22.9 Å². The molecule has 0 aliphatic heterocycles. The highest BCUT2D eigenvalue weighted by Gasteiger charge is 2.34. The van der Waals surface area contributed by atoms with E-state index in [-0.39, 0.29) is 11.3 Å². The van der Waals surface area contributed by atoms with Crippen molar-refractivity contribution in [3.63, 3.8) is 0 Å². The Bertz CT molecular complexity index is 1030. The van der Waals surface area contributed by atoms with Crippen LogP contribution < -0.4 is 10.1 Å². The number of aromatic nitrogens is 2. The second-order valence-corrected chi connectivity index (χ2v) is 5.70. The van der Waals surface area contributed by atoms with Crippen molar-refractivity contribution in [2.24, 2.45) is 7.05 Å². The van der Waals surface area contributed by atoms with Crippen LogP contribution >= 0.6 is 0 Å². The van der Waals surface area contributed by atoms with Gasteiger partial charge in [0.2, 0.25) is 0 Å². The molecule has 0 aliphatic rings. The van der Waals surface area contributed by atoms with Crippen LogP contribution in [-0.4, -0.2) is 15.7 Å². The van der Waals surface area contributed by atoms with Gasteiger partial charge in [-0.05, 0) is 24.3 Å². The summed E-state index contributed by atoms with van der Waals surface area (Å²) in [5.41, 5.74) is -1.59. The van der Waals surface area contributed by atoms with E-state index in [9.17, 15) is 26.7 Å². The van der Waals surface area contributed by atoms with E-state index in [1.165, 1.54) is 25.4 Å². The van der Waals surface area contributed by atoms with Crippen molar-refractivity contribution >= 4 is 11.6 Å². The van der Waals surface area contributed by atoms with E-state index in [1.54, 1.807) is 0 Å². The summed E-state index contributed by atoms with van der Waals surface area (Å²) in [6, 6.07) is 6.97. The molecule has 1 amide bonds. The summed E-state index contributed by atoms with van der Waals surface area (Å²) in [5.74, 6) is -3.68. The number of alkyl halides is 3. The maximum Gasteiger partial charge on any atom is 0.419 e. The molecule has 3 aromatic rings. The number of halogens is 5. The smallest absolute Gasteiger partial charge is 0.419 e. The minimum atomic E-state index is -4.68. The average molecular weight is 397 g/mol. The van der Waals surface area contributed by atoms with Crippen LogP contribution in [0, 0.1) is 11.6 Å². The predicted molar refractivity (Wildman–Crippen MR) is 89.0 cm³/mol. The van der Waals surface area contributed by atoms with Crippen molar-refractivity contribution in [2.75, 3.05) is 5.32 Å². The molecule has 1 heterocycles. The molecule has 0 saturated heterocycles. The number of aryl methyl sites for hydroxylation is 1. The van der Waals surface area contributed by atoms with E-state index in [0.717, 1.165) is 28.9 Å². The highest BCUT2D eigenvalue weighted by molar-refractivity contribution is 6.05. The Morgan fingerprint density at radius 2 is 1.86 bits per heavy atom. The van der Waals surface area contributed by atoms with Crippen molar-refractivity contribution in [1.82, 2.24) is 9.78 Å². The van der Waals surface area contributed by atoms with Gasteiger partial charge >= 0.3 is 6.18 Å². The maximum atomic E-state index is 13.7. The maximum absolute atomic E-state index is 13.7. The summed E-state index contributed by atoms with van der Waals surface area (Å²) >= 11 is 0. The molecule has 28 heavy (non-hydrogen) atoms. The number of hydrogen-bond acceptors (Lipinski definition) is 3. The molecule has 1 N–H and O–H groups in total. The zero-order chi connectivity index (χ0) is 20.5. The van der Waals surface area contributed by atoms with Crippen LogP contribution in [0.4, 0.5) is 27.6 Å². The number of anilines is 1. The molecule has 0 fully saturated rings. The molecule has 1 aromatic heterocycles. The van der Waals surface area contributed by atoms with Gasteiger partial charge in [-0.1, -0.05) is 12.1 Å². The summed E-state index contributed by atoms with van der Waals surface area (Å²) in [4.78, 5) is 12.4. The average Bonchev–Trinajstić information content (AvgIpc) is 2.97. The van der Waals surface area contributed by atoms with E-state index in [4.69, 9.17) is 4.74 Å². The molecule has 0 aliphatic carbocycles. The third-order valence-electron chi connectivity index (χ3n) is 3.62. The van der Waals surface area contributed by atoms with Crippen molar-refractivity contribution in [3.05, 3.63) is 71.4 Å². The minimum Gasteiger partial charge on any atom is -0.436 e. The van der Waals surface area contributed by atoms with Crippen molar-refractivity contribution in [1.29, 1.82) is 0 Å².